The van der Waals surface area contributed by atoms with Crippen molar-refractivity contribution in [2.45, 2.75) is 46.0 Å². The maximum Gasteiger partial charge on any atom is -0.00174 e. The molecule has 118 valence electrons. The van der Waals surface area contributed by atoms with Crippen LogP contribution in [0.5, 0.6) is 0 Å². The average Bonchev–Trinajstić information content (AvgIpc) is 3.35. The lowest BCUT2D eigenvalue weighted by Crippen LogP contribution is -1.90. The Morgan fingerprint density at radius 1 is 1.18 bits per heavy atom. The lowest BCUT2D eigenvalue weighted by Gasteiger charge is -2.05. The molecule has 3 atom stereocenters. The van der Waals surface area contributed by atoms with Gasteiger partial charge in [-0.3, -0.25) is 0 Å². The Morgan fingerprint density at radius 3 is 2.27 bits per heavy atom. The van der Waals surface area contributed by atoms with E-state index in [0.717, 1.165) is 24.2 Å². The predicted molar refractivity (Wildman–Crippen MR) is 98.7 cm³/mol. The molecule has 0 heterocycles. The van der Waals surface area contributed by atoms with Gasteiger partial charge in [0.2, 0.25) is 0 Å². The molecule has 0 spiro atoms. The summed E-state index contributed by atoms with van der Waals surface area (Å²) in [6, 6.07) is 0. The van der Waals surface area contributed by atoms with Crippen LogP contribution in [0.1, 0.15) is 46.0 Å². The molecule has 0 N–H and O–H groups in total. The van der Waals surface area contributed by atoms with Crippen LogP contribution >= 0.6 is 0 Å². The van der Waals surface area contributed by atoms with Gasteiger partial charge in [0.05, 0.1) is 0 Å². The standard InChI is InChI=1S/C9H12.C7H8.C6H10/c1-2-8-5-7-3-4-9(8)6-7;1-2-7-4-3-6(1)5-7;1-3-5-6-4-2/h2-4,7,9H,5-6H2,1H3;1-3,7H,4-5H2;3,5-6H,1,4H2,2H3. The molecule has 3 unspecified atom stereocenters. The maximum atomic E-state index is 3.51. The Hall–Kier alpha value is -1.56. The first-order valence-electron chi connectivity index (χ1n) is 8.75. The van der Waals surface area contributed by atoms with E-state index in [1.807, 2.05) is 6.08 Å². The molecule has 4 rings (SSSR count). The van der Waals surface area contributed by atoms with Gasteiger partial charge in [0.25, 0.3) is 0 Å². The lowest BCUT2D eigenvalue weighted by molar-refractivity contribution is 0.693. The van der Waals surface area contributed by atoms with Crippen molar-refractivity contribution in [3.8, 4) is 0 Å². The molecule has 0 aromatic heterocycles. The van der Waals surface area contributed by atoms with Crippen LogP contribution in [0.15, 0.2) is 72.4 Å². The minimum absolute atomic E-state index is 0.833. The SMILES string of the molecule is C1=CC2CC=C1C2.C=CC=CCC.CC=C1CC2C=CC1C2. The van der Waals surface area contributed by atoms with Crippen molar-refractivity contribution in [1.29, 1.82) is 0 Å². The molecular formula is C22H30. The third-order valence-corrected chi connectivity index (χ3v) is 4.79. The molecule has 0 aromatic rings. The van der Waals surface area contributed by atoms with Gasteiger partial charge >= 0.3 is 0 Å². The normalized spacial score (nSPS) is 31.1. The Bertz CT molecular complexity index is 510. The highest BCUT2D eigenvalue weighted by Crippen LogP contribution is 2.42. The van der Waals surface area contributed by atoms with E-state index >= 15 is 0 Å². The fourth-order valence-electron chi connectivity index (χ4n) is 3.53. The highest BCUT2D eigenvalue weighted by atomic mass is 14.3. The molecule has 0 nitrogen and oxygen atoms in total. The summed E-state index contributed by atoms with van der Waals surface area (Å²) in [5, 5.41) is 0. The van der Waals surface area contributed by atoms with E-state index in [4.69, 9.17) is 0 Å². The molecule has 0 aliphatic heterocycles. The lowest BCUT2D eigenvalue weighted by atomic mass is 10.0. The van der Waals surface area contributed by atoms with Gasteiger partial charge in [-0.15, -0.1) is 0 Å². The maximum absolute atomic E-state index is 3.51. The van der Waals surface area contributed by atoms with Gasteiger partial charge < -0.3 is 0 Å². The first kappa shape index (κ1) is 16.8. The van der Waals surface area contributed by atoms with Crippen molar-refractivity contribution in [2.24, 2.45) is 17.8 Å². The fourth-order valence-corrected chi connectivity index (χ4v) is 3.53. The molecule has 4 bridgehead atoms. The molecule has 0 radical (unpaired) electrons. The molecule has 4 aliphatic carbocycles. The Labute approximate surface area is 136 Å². The van der Waals surface area contributed by atoms with Crippen LogP contribution in [0.4, 0.5) is 0 Å². The van der Waals surface area contributed by atoms with Gasteiger partial charge in [0.15, 0.2) is 0 Å². The molecule has 1 saturated carbocycles. The minimum atomic E-state index is 0.833. The summed E-state index contributed by atoms with van der Waals surface area (Å²) in [6.45, 7) is 7.77. The van der Waals surface area contributed by atoms with Gasteiger partial charge in [-0.05, 0) is 56.8 Å². The van der Waals surface area contributed by atoms with E-state index in [1.165, 1.54) is 25.7 Å². The molecule has 0 heteroatoms. The molecule has 0 aromatic carbocycles. The monoisotopic (exact) mass is 294 g/mol. The van der Waals surface area contributed by atoms with Crippen molar-refractivity contribution in [2.75, 3.05) is 0 Å². The summed E-state index contributed by atoms with van der Waals surface area (Å²) in [5.41, 5.74) is 3.23. The van der Waals surface area contributed by atoms with Crippen molar-refractivity contribution >= 4 is 0 Å². The van der Waals surface area contributed by atoms with E-state index in [-0.39, 0.29) is 0 Å². The Kier molecular flexibility index (Phi) is 6.71. The summed E-state index contributed by atoms with van der Waals surface area (Å²) in [4.78, 5) is 0. The first-order chi connectivity index (χ1) is 10.8. The smallest absolute Gasteiger partial charge is 0.00174 e. The second-order valence-electron chi connectivity index (χ2n) is 6.47. The minimum Gasteiger partial charge on any atom is -0.0991 e. The molecule has 0 amide bonds. The van der Waals surface area contributed by atoms with Crippen LogP contribution in [0.25, 0.3) is 0 Å². The van der Waals surface area contributed by atoms with Crippen molar-refractivity contribution in [3.63, 3.8) is 0 Å². The highest BCUT2D eigenvalue weighted by molar-refractivity contribution is 5.32. The molecule has 4 aliphatic rings. The summed E-state index contributed by atoms with van der Waals surface area (Å²) in [5.74, 6) is 2.64. The molecule has 22 heavy (non-hydrogen) atoms. The average molecular weight is 294 g/mol. The summed E-state index contributed by atoms with van der Waals surface area (Å²) in [7, 11) is 0. The Balaban J connectivity index is 0.000000124. The van der Waals surface area contributed by atoms with Crippen molar-refractivity contribution < 1.29 is 0 Å². The topological polar surface area (TPSA) is 0 Å². The third-order valence-electron chi connectivity index (χ3n) is 4.79. The largest absolute Gasteiger partial charge is 0.0991 e. The quantitative estimate of drug-likeness (QED) is 0.399. The van der Waals surface area contributed by atoms with Gasteiger partial charge in [0, 0.05) is 0 Å². The fraction of sp³-hybridized carbons (Fsp3) is 0.455. The number of fused-ring (bicyclic) bond motifs is 4. The number of allylic oxidation sites excluding steroid dienone is 11. The number of hydrogen-bond donors (Lipinski definition) is 0. The molecule has 0 saturated heterocycles. The van der Waals surface area contributed by atoms with Crippen LogP contribution in [-0.2, 0) is 0 Å². The van der Waals surface area contributed by atoms with E-state index in [2.05, 4.69) is 63.0 Å². The van der Waals surface area contributed by atoms with Crippen LogP contribution in [0, 0.1) is 17.8 Å². The zero-order valence-electron chi connectivity index (χ0n) is 14.2. The van der Waals surface area contributed by atoms with E-state index in [1.54, 1.807) is 17.2 Å². The zero-order valence-corrected chi connectivity index (χ0v) is 14.2. The van der Waals surface area contributed by atoms with Crippen molar-refractivity contribution in [1.82, 2.24) is 0 Å². The molecule has 1 fully saturated rings. The number of hydrogen-bond acceptors (Lipinski definition) is 0. The van der Waals surface area contributed by atoms with E-state index in [0.29, 0.717) is 0 Å². The van der Waals surface area contributed by atoms with E-state index in [9.17, 15) is 0 Å². The van der Waals surface area contributed by atoms with Gasteiger partial charge in [-0.2, -0.15) is 0 Å². The van der Waals surface area contributed by atoms with Gasteiger partial charge in [-0.1, -0.05) is 79.3 Å². The summed E-state index contributed by atoms with van der Waals surface area (Å²) in [6.07, 6.45) is 26.2. The second-order valence-corrected chi connectivity index (χ2v) is 6.47. The zero-order chi connectivity index (χ0) is 15.8. The van der Waals surface area contributed by atoms with Crippen LogP contribution in [0.2, 0.25) is 0 Å². The Morgan fingerprint density at radius 2 is 2.05 bits per heavy atom. The second kappa shape index (κ2) is 8.78. The summed E-state index contributed by atoms with van der Waals surface area (Å²) >= 11 is 0. The third kappa shape index (κ3) is 4.73. The molecular weight excluding hydrogens is 264 g/mol. The van der Waals surface area contributed by atoms with Gasteiger partial charge in [0.1, 0.15) is 0 Å². The van der Waals surface area contributed by atoms with Gasteiger partial charge in [-0.25, -0.2) is 0 Å². The highest BCUT2D eigenvalue weighted by Gasteiger charge is 2.29. The van der Waals surface area contributed by atoms with Crippen molar-refractivity contribution in [3.05, 3.63) is 72.4 Å². The van der Waals surface area contributed by atoms with Crippen LogP contribution in [-0.4, -0.2) is 0 Å². The summed E-state index contributed by atoms with van der Waals surface area (Å²) < 4.78 is 0. The van der Waals surface area contributed by atoms with E-state index < -0.39 is 0 Å². The number of rotatable bonds is 2. The predicted octanol–water partition coefficient (Wildman–Crippen LogP) is 6.56. The first-order valence-corrected chi connectivity index (χ1v) is 8.75. The van der Waals surface area contributed by atoms with Crippen LogP contribution in [0.3, 0.4) is 0 Å². The van der Waals surface area contributed by atoms with Crippen LogP contribution < -0.4 is 0 Å².